The molecule has 0 aliphatic rings. The molecule has 6 nitrogen and oxygen atoms in total. The van der Waals surface area contributed by atoms with Crippen LogP contribution in [0.4, 0.5) is 0 Å². The van der Waals surface area contributed by atoms with Crippen molar-refractivity contribution in [2.24, 2.45) is 11.7 Å². The fourth-order valence-electron chi connectivity index (χ4n) is 2.14. The molecule has 2 aromatic rings. The summed E-state index contributed by atoms with van der Waals surface area (Å²) in [4.78, 5) is 4.15. The van der Waals surface area contributed by atoms with Crippen LogP contribution in [-0.4, -0.2) is 31.1 Å². The summed E-state index contributed by atoms with van der Waals surface area (Å²) in [5.74, 6) is 0.608. The van der Waals surface area contributed by atoms with Crippen LogP contribution in [0.5, 0.6) is 0 Å². The van der Waals surface area contributed by atoms with Crippen LogP contribution in [0.1, 0.15) is 32.4 Å². The molecule has 6 heteroatoms. The second-order valence-electron chi connectivity index (χ2n) is 4.41. The first-order valence-electron chi connectivity index (χ1n) is 5.39. The van der Waals surface area contributed by atoms with Gasteiger partial charge in [0, 0.05) is 18.2 Å². The van der Waals surface area contributed by atoms with E-state index in [-0.39, 0.29) is 12.0 Å². The van der Waals surface area contributed by atoms with Crippen molar-refractivity contribution in [2.75, 3.05) is 0 Å². The summed E-state index contributed by atoms with van der Waals surface area (Å²) < 4.78 is 1.71. The predicted molar refractivity (Wildman–Crippen MR) is 59.8 cm³/mol. The van der Waals surface area contributed by atoms with Gasteiger partial charge in [-0.1, -0.05) is 13.8 Å². The molecule has 0 saturated carbocycles. The van der Waals surface area contributed by atoms with Gasteiger partial charge in [-0.25, -0.2) is 0 Å². The van der Waals surface area contributed by atoms with E-state index >= 15 is 0 Å². The zero-order valence-electron chi connectivity index (χ0n) is 9.70. The Hall–Kier alpha value is -1.56. The molecule has 86 valence electrons. The van der Waals surface area contributed by atoms with Crippen LogP contribution >= 0.6 is 0 Å². The maximum Gasteiger partial charge on any atom is 0.197 e. The standard InChI is InChI=1S/C10H16N6/c1-6(2)10(7(3)11)8-4-12-5-9-13-14-15-16(8)9/h4-7,10H,11H2,1-3H3. The van der Waals surface area contributed by atoms with Crippen molar-refractivity contribution in [3.8, 4) is 0 Å². The van der Waals surface area contributed by atoms with Crippen LogP contribution in [-0.2, 0) is 0 Å². The third-order valence-corrected chi connectivity index (χ3v) is 2.76. The van der Waals surface area contributed by atoms with Crippen LogP contribution in [0, 0.1) is 5.92 Å². The van der Waals surface area contributed by atoms with E-state index in [4.69, 9.17) is 5.73 Å². The van der Waals surface area contributed by atoms with Crippen LogP contribution in [0.3, 0.4) is 0 Å². The van der Waals surface area contributed by atoms with Gasteiger partial charge in [-0.05, 0) is 23.3 Å². The number of hydrogen-bond donors (Lipinski definition) is 1. The van der Waals surface area contributed by atoms with Crippen LogP contribution in [0.2, 0.25) is 0 Å². The molecule has 2 atom stereocenters. The number of tetrazole rings is 1. The van der Waals surface area contributed by atoms with Crippen molar-refractivity contribution in [1.29, 1.82) is 0 Å². The van der Waals surface area contributed by atoms with Crippen molar-refractivity contribution in [2.45, 2.75) is 32.7 Å². The fraction of sp³-hybridized carbons (Fsp3) is 0.600. The Morgan fingerprint density at radius 1 is 1.25 bits per heavy atom. The first kappa shape index (κ1) is 10.9. The van der Waals surface area contributed by atoms with Gasteiger partial charge < -0.3 is 5.73 Å². The van der Waals surface area contributed by atoms with Crippen molar-refractivity contribution >= 4 is 5.65 Å². The molecule has 0 spiro atoms. The highest BCUT2D eigenvalue weighted by atomic mass is 15.5. The van der Waals surface area contributed by atoms with Gasteiger partial charge in [0.05, 0.1) is 11.9 Å². The van der Waals surface area contributed by atoms with Gasteiger partial charge in [-0.15, -0.1) is 5.10 Å². The highest BCUT2D eigenvalue weighted by molar-refractivity contribution is 5.33. The Kier molecular flexibility index (Phi) is 2.82. The Labute approximate surface area is 93.9 Å². The summed E-state index contributed by atoms with van der Waals surface area (Å²) >= 11 is 0. The maximum absolute atomic E-state index is 6.02. The summed E-state index contributed by atoms with van der Waals surface area (Å²) in [5.41, 5.74) is 7.64. The SMILES string of the molecule is CC(C)C(c1cncc2nnnn12)C(C)N. The molecule has 0 aliphatic carbocycles. The third-order valence-electron chi connectivity index (χ3n) is 2.76. The summed E-state index contributed by atoms with van der Waals surface area (Å²) in [5, 5.41) is 11.5. The second kappa shape index (κ2) is 4.13. The molecule has 0 aliphatic heterocycles. The summed E-state index contributed by atoms with van der Waals surface area (Å²) in [6.07, 6.45) is 3.43. The predicted octanol–water partition coefficient (Wildman–Crippen LogP) is 0.606. The highest BCUT2D eigenvalue weighted by Crippen LogP contribution is 2.26. The van der Waals surface area contributed by atoms with E-state index in [2.05, 4.69) is 34.4 Å². The van der Waals surface area contributed by atoms with Crippen LogP contribution < -0.4 is 5.73 Å². The molecular formula is C10H16N6. The monoisotopic (exact) mass is 220 g/mol. The number of nitrogens with zero attached hydrogens (tertiary/aromatic N) is 5. The van der Waals surface area contributed by atoms with E-state index in [1.807, 2.05) is 6.92 Å². The summed E-state index contributed by atoms with van der Waals surface area (Å²) in [6, 6.07) is 0.0385. The Morgan fingerprint density at radius 2 is 2.00 bits per heavy atom. The molecule has 0 amide bonds. The molecule has 0 bridgehead atoms. The van der Waals surface area contributed by atoms with E-state index in [1.165, 1.54) is 0 Å². The molecule has 2 aromatic heterocycles. The van der Waals surface area contributed by atoms with Crippen LogP contribution in [0.15, 0.2) is 12.4 Å². The average molecular weight is 220 g/mol. The van der Waals surface area contributed by atoms with Gasteiger partial charge in [-0.3, -0.25) is 4.98 Å². The Balaban J connectivity index is 2.56. The quantitative estimate of drug-likeness (QED) is 0.819. The first-order valence-corrected chi connectivity index (χ1v) is 5.39. The highest BCUT2D eigenvalue weighted by Gasteiger charge is 2.23. The largest absolute Gasteiger partial charge is 0.327 e. The minimum atomic E-state index is 0.0385. The molecule has 0 saturated heterocycles. The van der Waals surface area contributed by atoms with E-state index in [0.29, 0.717) is 11.6 Å². The molecule has 16 heavy (non-hydrogen) atoms. The van der Waals surface area contributed by atoms with Gasteiger partial charge in [0.15, 0.2) is 5.65 Å². The molecule has 0 radical (unpaired) electrons. The lowest BCUT2D eigenvalue weighted by atomic mass is 9.87. The minimum Gasteiger partial charge on any atom is -0.327 e. The zero-order chi connectivity index (χ0) is 11.7. The van der Waals surface area contributed by atoms with Gasteiger partial charge in [-0.2, -0.15) is 4.52 Å². The third kappa shape index (κ3) is 1.76. The zero-order valence-corrected chi connectivity index (χ0v) is 9.70. The van der Waals surface area contributed by atoms with E-state index < -0.39 is 0 Å². The lowest BCUT2D eigenvalue weighted by Crippen LogP contribution is -2.30. The van der Waals surface area contributed by atoms with Gasteiger partial charge in [0.1, 0.15) is 0 Å². The fourth-order valence-corrected chi connectivity index (χ4v) is 2.14. The van der Waals surface area contributed by atoms with Gasteiger partial charge in [0.25, 0.3) is 0 Å². The second-order valence-corrected chi connectivity index (χ2v) is 4.41. The molecule has 2 heterocycles. The lowest BCUT2D eigenvalue weighted by Gasteiger charge is -2.24. The summed E-state index contributed by atoms with van der Waals surface area (Å²) in [6.45, 7) is 6.27. The van der Waals surface area contributed by atoms with Crippen molar-refractivity contribution in [3.63, 3.8) is 0 Å². The topological polar surface area (TPSA) is 82.0 Å². The molecule has 2 unspecified atom stereocenters. The molecule has 0 fully saturated rings. The Morgan fingerprint density at radius 3 is 2.62 bits per heavy atom. The number of hydrogen-bond acceptors (Lipinski definition) is 5. The lowest BCUT2D eigenvalue weighted by molar-refractivity contribution is 0.417. The van der Waals surface area contributed by atoms with Crippen LogP contribution in [0.25, 0.3) is 5.65 Å². The summed E-state index contributed by atoms with van der Waals surface area (Å²) in [7, 11) is 0. The average Bonchev–Trinajstić information content (AvgIpc) is 2.65. The number of rotatable bonds is 3. The number of nitrogens with two attached hydrogens (primary N) is 1. The van der Waals surface area contributed by atoms with Crippen molar-refractivity contribution in [1.82, 2.24) is 25.0 Å². The first-order chi connectivity index (χ1) is 7.61. The van der Waals surface area contributed by atoms with E-state index in [9.17, 15) is 0 Å². The van der Waals surface area contributed by atoms with Gasteiger partial charge >= 0.3 is 0 Å². The molecular weight excluding hydrogens is 204 g/mol. The molecule has 2 N–H and O–H groups in total. The maximum atomic E-state index is 6.02. The number of fused-ring (bicyclic) bond motifs is 1. The van der Waals surface area contributed by atoms with Crippen molar-refractivity contribution in [3.05, 3.63) is 18.1 Å². The van der Waals surface area contributed by atoms with Crippen molar-refractivity contribution < 1.29 is 0 Å². The molecule has 0 aromatic carbocycles. The Bertz CT molecular complexity index is 467. The number of aromatic nitrogens is 5. The normalized spacial score (nSPS) is 15.6. The van der Waals surface area contributed by atoms with E-state index in [0.717, 1.165) is 5.69 Å². The van der Waals surface area contributed by atoms with E-state index in [1.54, 1.807) is 16.9 Å². The smallest absolute Gasteiger partial charge is 0.197 e. The van der Waals surface area contributed by atoms with Gasteiger partial charge in [0.2, 0.25) is 0 Å². The molecule has 2 rings (SSSR count). The minimum absolute atomic E-state index is 0.0385.